The summed E-state index contributed by atoms with van der Waals surface area (Å²) in [5.41, 5.74) is 0. The number of hydrogen-bond donors (Lipinski definition) is 2. The van der Waals surface area contributed by atoms with Crippen molar-refractivity contribution in [2.75, 3.05) is 6.61 Å². The number of unbranched alkanes of at least 4 members (excludes halogenated alkanes) is 15. The van der Waals surface area contributed by atoms with Gasteiger partial charge in [-0.15, -0.1) is 0 Å². The zero-order valence-electron chi connectivity index (χ0n) is 21.5. The van der Waals surface area contributed by atoms with Crippen LogP contribution in [0.2, 0.25) is 0 Å². The van der Waals surface area contributed by atoms with Crippen LogP contribution in [0.3, 0.4) is 0 Å². The first kappa shape index (κ1) is 29.0. The maximum atomic E-state index is 11.5. The van der Waals surface area contributed by atoms with Gasteiger partial charge in [-0.3, -0.25) is 0 Å². The third kappa shape index (κ3) is 10.2. The second-order valence-corrected chi connectivity index (χ2v) is 12.9. The molecule has 0 bridgehead atoms. The molecule has 0 aliphatic heterocycles. The van der Waals surface area contributed by atoms with Crippen LogP contribution in [-0.2, 0) is 4.52 Å². The van der Waals surface area contributed by atoms with Crippen LogP contribution in [-0.4, -0.2) is 16.4 Å². The van der Waals surface area contributed by atoms with Gasteiger partial charge < -0.3 is 0 Å². The third-order valence-electron chi connectivity index (χ3n) is 6.78. The molecule has 0 aliphatic rings. The number of hydrogen-bond acceptors (Lipinski definition) is 3. The Morgan fingerprint density at radius 1 is 0.500 bits per heavy atom. The zero-order valence-corrected chi connectivity index (χ0v) is 22.4. The van der Waals surface area contributed by atoms with Gasteiger partial charge >= 0.3 is 164 Å². The van der Waals surface area contributed by atoms with Crippen molar-refractivity contribution < 1.29 is 14.3 Å². The van der Waals surface area contributed by atoms with Gasteiger partial charge in [0.2, 0.25) is 0 Å². The van der Waals surface area contributed by atoms with Gasteiger partial charge in [0.25, 0.3) is 0 Å². The van der Waals surface area contributed by atoms with E-state index in [1.165, 1.54) is 89.9 Å². The van der Waals surface area contributed by atoms with Gasteiger partial charge in [0.15, 0.2) is 0 Å². The Bertz CT molecular complexity index is 705. The third-order valence-corrected chi connectivity index (χ3v) is 9.91. The SMILES string of the molecule is CCCCCCCCCCCCCCCCCCOP(O)(O)(c1ccccc1)c1ccccc1. The molecule has 4 heteroatoms. The van der Waals surface area contributed by atoms with E-state index in [1.54, 1.807) is 24.3 Å². The molecular formula is C30H49O3P. The molecule has 0 fully saturated rings. The molecule has 192 valence electrons. The van der Waals surface area contributed by atoms with E-state index < -0.39 is 7.28 Å². The molecule has 2 N–H and O–H groups in total. The molecule has 0 aliphatic carbocycles. The topological polar surface area (TPSA) is 49.7 Å². The fourth-order valence-corrected chi connectivity index (χ4v) is 7.07. The van der Waals surface area contributed by atoms with Crippen molar-refractivity contribution in [3.8, 4) is 0 Å². The standard InChI is InChI=1S/C30H49O3P/c1-2-3-4-5-6-7-8-9-10-11-12-13-14-15-16-23-28-33-34(31,32,29-24-19-17-20-25-29)30-26-21-18-22-27-30/h17-22,24-27,31-32H,2-16,23,28H2,1H3. The van der Waals surface area contributed by atoms with E-state index in [1.807, 2.05) is 36.4 Å². The molecule has 0 atom stereocenters. The van der Waals surface area contributed by atoms with E-state index >= 15 is 0 Å². The summed E-state index contributed by atoms with van der Waals surface area (Å²) in [4.78, 5) is 23.0. The molecule has 2 aromatic rings. The molecule has 0 radical (unpaired) electrons. The molecule has 34 heavy (non-hydrogen) atoms. The molecule has 0 saturated carbocycles. The van der Waals surface area contributed by atoms with Crippen molar-refractivity contribution in [1.82, 2.24) is 0 Å². The van der Waals surface area contributed by atoms with E-state index in [2.05, 4.69) is 6.92 Å². The first-order valence-corrected chi connectivity index (χ1v) is 15.9. The van der Waals surface area contributed by atoms with Crippen molar-refractivity contribution in [2.24, 2.45) is 0 Å². The van der Waals surface area contributed by atoms with Gasteiger partial charge in [-0.05, 0) is 0 Å². The van der Waals surface area contributed by atoms with E-state index in [0.717, 1.165) is 12.8 Å². The van der Waals surface area contributed by atoms with Gasteiger partial charge in [0.1, 0.15) is 0 Å². The van der Waals surface area contributed by atoms with E-state index in [0.29, 0.717) is 17.2 Å². The summed E-state index contributed by atoms with van der Waals surface area (Å²) in [6.45, 7) is 2.63. The summed E-state index contributed by atoms with van der Waals surface area (Å²) in [6.07, 6.45) is 21.0. The van der Waals surface area contributed by atoms with Crippen LogP contribution in [0.4, 0.5) is 0 Å². The van der Waals surface area contributed by atoms with Crippen molar-refractivity contribution in [3.63, 3.8) is 0 Å². The minimum absolute atomic E-state index is 0.354. The second-order valence-electron chi connectivity index (χ2n) is 9.75. The Morgan fingerprint density at radius 2 is 0.824 bits per heavy atom. The molecule has 2 aromatic carbocycles. The van der Waals surface area contributed by atoms with Crippen molar-refractivity contribution >= 4 is 17.9 Å². The summed E-state index contributed by atoms with van der Waals surface area (Å²) >= 11 is 0. The summed E-state index contributed by atoms with van der Waals surface area (Å²) in [5, 5.41) is 0.910. The number of rotatable bonds is 20. The van der Waals surface area contributed by atoms with Crippen LogP contribution in [0, 0.1) is 0 Å². The Hall–Kier alpha value is -1.25. The Kier molecular flexibility index (Phi) is 14.0. The first-order valence-electron chi connectivity index (χ1n) is 13.8. The molecule has 0 spiro atoms. The summed E-state index contributed by atoms with van der Waals surface area (Å²) in [6, 6.07) is 18.0. The van der Waals surface area contributed by atoms with Gasteiger partial charge in [-0.1, -0.05) is 45.4 Å². The molecular weight excluding hydrogens is 439 g/mol. The Labute approximate surface area is 209 Å². The van der Waals surface area contributed by atoms with Gasteiger partial charge in [-0.2, -0.15) is 0 Å². The summed E-state index contributed by atoms with van der Waals surface area (Å²) in [5.74, 6) is 0. The second kappa shape index (κ2) is 16.4. The molecule has 0 saturated heterocycles. The quantitative estimate of drug-likeness (QED) is 0.146. The van der Waals surface area contributed by atoms with Crippen molar-refractivity contribution in [1.29, 1.82) is 0 Å². The van der Waals surface area contributed by atoms with Crippen LogP contribution in [0.1, 0.15) is 110 Å². The molecule has 0 aromatic heterocycles. The minimum atomic E-state index is -4.61. The van der Waals surface area contributed by atoms with Crippen molar-refractivity contribution in [3.05, 3.63) is 60.7 Å². The predicted octanol–water partition coefficient (Wildman–Crippen LogP) is 8.20. The average molecular weight is 489 g/mol. The molecule has 3 nitrogen and oxygen atoms in total. The predicted molar refractivity (Wildman–Crippen MR) is 149 cm³/mol. The van der Waals surface area contributed by atoms with Crippen LogP contribution < -0.4 is 10.6 Å². The van der Waals surface area contributed by atoms with Crippen LogP contribution in [0.25, 0.3) is 0 Å². The van der Waals surface area contributed by atoms with Crippen LogP contribution >= 0.6 is 7.28 Å². The molecule has 2 rings (SSSR count). The number of benzene rings is 2. The summed E-state index contributed by atoms with van der Waals surface area (Å²) in [7, 11) is -4.61. The normalized spacial score (nSPS) is 13.0. The van der Waals surface area contributed by atoms with Gasteiger partial charge in [-0.25, -0.2) is 0 Å². The maximum absolute atomic E-state index is 11.5. The first-order chi connectivity index (χ1) is 16.6. The van der Waals surface area contributed by atoms with E-state index in [4.69, 9.17) is 4.52 Å². The van der Waals surface area contributed by atoms with E-state index in [-0.39, 0.29) is 0 Å². The Morgan fingerprint density at radius 3 is 1.18 bits per heavy atom. The fraction of sp³-hybridized carbons (Fsp3) is 0.600. The monoisotopic (exact) mass is 488 g/mol. The van der Waals surface area contributed by atoms with E-state index in [9.17, 15) is 9.79 Å². The van der Waals surface area contributed by atoms with Crippen LogP contribution in [0.15, 0.2) is 60.7 Å². The fourth-order valence-electron chi connectivity index (χ4n) is 4.58. The van der Waals surface area contributed by atoms with Crippen molar-refractivity contribution in [2.45, 2.75) is 110 Å². The van der Waals surface area contributed by atoms with Crippen LogP contribution in [0.5, 0.6) is 0 Å². The molecule has 0 heterocycles. The summed E-state index contributed by atoms with van der Waals surface area (Å²) < 4.78 is 5.95. The molecule has 0 unspecified atom stereocenters. The Balaban J connectivity index is 1.55. The molecule has 0 amide bonds. The van der Waals surface area contributed by atoms with Gasteiger partial charge in [0.05, 0.1) is 0 Å². The van der Waals surface area contributed by atoms with Gasteiger partial charge in [0, 0.05) is 0 Å². The zero-order chi connectivity index (χ0) is 24.4. The average Bonchev–Trinajstić information content (AvgIpc) is 2.87.